The molecule has 1 atom stereocenters. The van der Waals surface area contributed by atoms with Gasteiger partial charge in [-0.15, -0.1) is 0 Å². The van der Waals surface area contributed by atoms with Crippen LogP contribution in [0.15, 0.2) is 12.1 Å². The average molecular weight is 260 g/mol. The zero-order valence-corrected chi connectivity index (χ0v) is 12.0. The van der Waals surface area contributed by atoms with E-state index in [0.717, 1.165) is 0 Å². The molecule has 0 aliphatic heterocycles. The van der Waals surface area contributed by atoms with E-state index in [1.807, 2.05) is 6.07 Å². The van der Waals surface area contributed by atoms with Crippen LogP contribution in [-0.4, -0.2) is 12.2 Å². The summed E-state index contributed by atoms with van der Waals surface area (Å²) in [5, 5.41) is 10.1. The minimum absolute atomic E-state index is 0.308. The normalized spacial score (nSPS) is 24.4. The predicted octanol–water partition coefficient (Wildman–Crippen LogP) is 4.50. The molecule has 1 N–H and O–H groups in total. The third kappa shape index (κ3) is 1.92. The molecular formula is C17H24O2. The highest BCUT2D eigenvalue weighted by Gasteiger charge is 2.44. The van der Waals surface area contributed by atoms with Gasteiger partial charge in [0.05, 0.1) is 7.11 Å². The molecule has 0 amide bonds. The molecule has 2 aliphatic rings. The van der Waals surface area contributed by atoms with E-state index in [4.69, 9.17) is 4.74 Å². The van der Waals surface area contributed by atoms with Crippen molar-refractivity contribution in [3.05, 3.63) is 23.3 Å². The maximum Gasteiger partial charge on any atom is 0.160 e. The van der Waals surface area contributed by atoms with Gasteiger partial charge in [0.2, 0.25) is 0 Å². The molecule has 1 spiro atoms. The van der Waals surface area contributed by atoms with Crippen molar-refractivity contribution in [2.45, 2.75) is 63.2 Å². The summed E-state index contributed by atoms with van der Waals surface area (Å²) in [7, 11) is 1.63. The van der Waals surface area contributed by atoms with Gasteiger partial charge in [-0.25, -0.2) is 0 Å². The topological polar surface area (TPSA) is 29.5 Å². The van der Waals surface area contributed by atoms with E-state index in [0.29, 0.717) is 22.8 Å². The summed E-state index contributed by atoms with van der Waals surface area (Å²) >= 11 is 0. The van der Waals surface area contributed by atoms with E-state index in [1.54, 1.807) is 7.11 Å². The van der Waals surface area contributed by atoms with Crippen LogP contribution in [0.3, 0.4) is 0 Å². The Morgan fingerprint density at radius 2 is 2.00 bits per heavy atom. The smallest absolute Gasteiger partial charge is 0.160 e. The predicted molar refractivity (Wildman–Crippen MR) is 77.1 cm³/mol. The average Bonchev–Trinajstić information content (AvgIpc) is 2.72. The van der Waals surface area contributed by atoms with Gasteiger partial charge in [-0.2, -0.15) is 0 Å². The van der Waals surface area contributed by atoms with Crippen molar-refractivity contribution in [2.75, 3.05) is 7.11 Å². The second-order valence-corrected chi connectivity index (χ2v) is 6.26. The summed E-state index contributed by atoms with van der Waals surface area (Å²) in [6.45, 7) is 2.27. The van der Waals surface area contributed by atoms with E-state index in [1.165, 1.54) is 56.1 Å². The van der Waals surface area contributed by atoms with Crippen LogP contribution in [0.1, 0.15) is 68.9 Å². The van der Waals surface area contributed by atoms with Crippen molar-refractivity contribution >= 4 is 0 Å². The van der Waals surface area contributed by atoms with Crippen molar-refractivity contribution in [1.82, 2.24) is 0 Å². The molecule has 0 bridgehead atoms. The van der Waals surface area contributed by atoms with Crippen molar-refractivity contribution in [2.24, 2.45) is 0 Å². The van der Waals surface area contributed by atoms with Crippen molar-refractivity contribution in [3.63, 3.8) is 0 Å². The lowest BCUT2D eigenvalue weighted by Gasteiger charge is -2.35. The largest absolute Gasteiger partial charge is 0.504 e. The first-order valence-electron chi connectivity index (χ1n) is 7.61. The maximum absolute atomic E-state index is 10.1. The fourth-order valence-corrected chi connectivity index (χ4v) is 4.30. The summed E-state index contributed by atoms with van der Waals surface area (Å²) in [5.41, 5.74) is 3.19. The van der Waals surface area contributed by atoms with Crippen LogP contribution in [0, 0.1) is 0 Å². The lowest BCUT2D eigenvalue weighted by atomic mass is 9.70. The molecule has 0 heterocycles. The molecule has 104 valence electrons. The van der Waals surface area contributed by atoms with Crippen molar-refractivity contribution in [1.29, 1.82) is 0 Å². The van der Waals surface area contributed by atoms with Gasteiger partial charge in [-0.3, -0.25) is 0 Å². The Bertz CT molecular complexity index is 472. The number of ether oxygens (including phenoxy) is 1. The van der Waals surface area contributed by atoms with Crippen LogP contribution < -0.4 is 4.74 Å². The molecule has 19 heavy (non-hydrogen) atoms. The molecule has 2 aliphatic carbocycles. The lowest BCUT2D eigenvalue weighted by Crippen LogP contribution is -2.26. The van der Waals surface area contributed by atoms with Gasteiger partial charge in [0, 0.05) is 0 Å². The Kier molecular flexibility index (Phi) is 3.20. The molecule has 1 saturated carbocycles. The summed E-state index contributed by atoms with van der Waals surface area (Å²) in [5.74, 6) is 1.58. The Morgan fingerprint density at radius 3 is 2.63 bits per heavy atom. The minimum atomic E-state index is 0.308. The number of benzene rings is 1. The highest BCUT2D eigenvalue weighted by atomic mass is 16.5. The van der Waals surface area contributed by atoms with Crippen LogP contribution in [0.4, 0.5) is 0 Å². The first-order valence-corrected chi connectivity index (χ1v) is 7.61. The Labute approximate surface area is 115 Å². The van der Waals surface area contributed by atoms with Gasteiger partial charge < -0.3 is 9.84 Å². The van der Waals surface area contributed by atoms with Gasteiger partial charge in [0.15, 0.2) is 11.5 Å². The number of hydrogen-bond acceptors (Lipinski definition) is 2. The van der Waals surface area contributed by atoms with Crippen LogP contribution in [0.5, 0.6) is 11.5 Å². The third-order valence-electron chi connectivity index (χ3n) is 5.30. The molecule has 0 aromatic heterocycles. The number of fused-ring (bicyclic) bond motifs is 2. The lowest BCUT2D eigenvalue weighted by molar-refractivity contribution is 0.277. The first-order chi connectivity index (χ1) is 9.20. The van der Waals surface area contributed by atoms with E-state index in [9.17, 15) is 5.11 Å². The van der Waals surface area contributed by atoms with Gasteiger partial charge in [-0.05, 0) is 60.3 Å². The van der Waals surface area contributed by atoms with Crippen LogP contribution in [0.2, 0.25) is 0 Å². The monoisotopic (exact) mass is 260 g/mol. The molecule has 2 nitrogen and oxygen atoms in total. The molecule has 1 aromatic rings. The molecular weight excluding hydrogens is 236 g/mol. The van der Waals surface area contributed by atoms with E-state index >= 15 is 0 Å². The van der Waals surface area contributed by atoms with E-state index in [2.05, 4.69) is 13.0 Å². The first kappa shape index (κ1) is 12.8. The highest BCUT2D eigenvalue weighted by Crippen LogP contribution is 2.56. The molecule has 1 aromatic carbocycles. The summed E-state index contributed by atoms with van der Waals surface area (Å²) in [4.78, 5) is 0. The quantitative estimate of drug-likeness (QED) is 0.848. The van der Waals surface area contributed by atoms with Crippen LogP contribution in [-0.2, 0) is 5.41 Å². The fraction of sp³-hybridized carbons (Fsp3) is 0.647. The van der Waals surface area contributed by atoms with Gasteiger partial charge in [-0.1, -0.05) is 26.2 Å². The van der Waals surface area contributed by atoms with Gasteiger partial charge in [0.1, 0.15) is 0 Å². The second kappa shape index (κ2) is 4.73. The number of hydrogen-bond donors (Lipinski definition) is 1. The van der Waals surface area contributed by atoms with E-state index < -0.39 is 0 Å². The number of methoxy groups -OCH3 is 1. The minimum Gasteiger partial charge on any atom is -0.504 e. The number of phenols is 1. The molecule has 0 unspecified atom stereocenters. The number of rotatable bonds is 2. The molecule has 2 heteroatoms. The SMILES string of the molecule is CC[C@@H]1CC2(CCCCC2)c2cc(O)c(OC)cc21. The number of aromatic hydroxyl groups is 1. The van der Waals surface area contributed by atoms with Crippen molar-refractivity contribution < 1.29 is 9.84 Å². The Hall–Kier alpha value is -1.18. The van der Waals surface area contributed by atoms with Crippen LogP contribution in [0.25, 0.3) is 0 Å². The second-order valence-electron chi connectivity index (χ2n) is 6.26. The molecule has 1 fully saturated rings. The fourth-order valence-electron chi connectivity index (χ4n) is 4.30. The molecule has 0 radical (unpaired) electrons. The standard InChI is InChI=1S/C17H24O2/c1-3-12-11-17(7-5-4-6-8-17)14-10-15(18)16(19-2)9-13(12)14/h9-10,12,18H,3-8,11H2,1-2H3/t12-/m1/s1. The third-order valence-corrected chi connectivity index (χ3v) is 5.30. The molecule has 3 rings (SSSR count). The summed E-state index contributed by atoms with van der Waals surface area (Å²) < 4.78 is 5.29. The zero-order chi connectivity index (χ0) is 13.5. The zero-order valence-electron chi connectivity index (χ0n) is 12.0. The highest BCUT2D eigenvalue weighted by molar-refractivity contribution is 5.53. The maximum atomic E-state index is 10.1. The molecule has 0 saturated heterocycles. The van der Waals surface area contributed by atoms with Crippen molar-refractivity contribution in [3.8, 4) is 11.5 Å². The van der Waals surface area contributed by atoms with Gasteiger partial charge in [0.25, 0.3) is 0 Å². The number of phenolic OH excluding ortho intramolecular Hbond substituents is 1. The summed E-state index contributed by atoms with van der Waals surface area (Å²) in [6.07, 6.45) is 9.08. The van der Waals surface area contributed by atoms with Gasteiger partial charge >= 0.3 is 0 Å². The van der Waals surface area contributed by atoms with Crippen LogP contribution >= 0.6 is 0 Å². The van der Waals surface area contributed by atoms with E-state index in [-0.39, 0.29) is 0 Å². The Morgan fingerprint density at radius 1 is 1.26 bits per heavy atom. The summed E-state index contributed by atoms with van der Waals surface area (Å²) in [6, 6.07) is 4.08. The Balaban J connectivity index is 2.09.